The van der Waals surface area contributed by atoms with Crippen LogP contribution in [0.25, 0.3) is 0 Å². The monoisotopic (exact) mass is 394 g/mol. The predicted molar refractivity (Wildman–Crippen MR) is 104 cm³/mol. The van der Waals surface area contributed by atoms with Gasteiger partial charge in [-0.3, -0.25) is 9.78 Å². The van der Waals surface area contributed by atoms with E-state index in [2.05, 4.69) is 4.98 Å². The van der Waals surface area contributed by atoms with Gasteiger partial charge in [0.25, 0.3) is 5.91 Å². The second-order valence-electron chi connectivity index (χ2n) is 6.91. The van der Waals surface area contributed by atoms with E-state index in [-0.39, 0.29) is 24.0 Å². The Hall–Kier alpha value is -3.12. The number of benzene rings is 2. The van der Waals surface area contributed by atoms with E-state index in [9.17, 15) is 13.6 Å². The molecule has 0 bridgehead atoms. The number of morpholine rings is 1. The molecule has 1 fully saturated rings. The van der Waals surface area contributed by atoms with E-state index < -0.39 is 11.6 Å². The molecule has 1 saturated heterocycles. The molecule has 29 heavy (non-hydrogen) atoms. The van der Waals surface area contributed by atoms with Gasteiger partial charge in [0.05, 0.1) is 18.8 Å². The summed E-state index contributed by atoms with van der Waals surface area (Å²) in [5.74, 6) is -1.24. The van der Waals surface area contributed by atoms with Gasteiger partial charge >= 0.3 is 0 Å². The molecule has 0 radical (unpaired) electrons. The van der Waals surface area contributed by atoms with Crippen molar-refractivity contribution >= 4 is 5.91 Å². The minimum atomic E-state index is -0.592. The van der Waals surface area contributed by atoms with E-state index in [1.807, 2.05) is 24.3 Å². The fourth-order valence-corrected chi connectivity index (χ4v) is 3.43. The normalized spacial score (nSPS) is 16.6. The number of aromatic nitrogens is 1. The summed E-state index contributed by atoms with van der Waals surface area (Å²) < 4.78 is 33.7. The topological polar surface area (TPSA) is 42.4 Å². The number of rotatable bonds is 4. The second-order valence-corrected chi connectivity index (χ2v) is 6.91. The Morgan fingerprint density at radius 1 is 1.00 bits per heavy atom. The van der Waals surface area contributed by atoms with E-state index in [1.54, 1.807) is 29.2 Å². The summed E-state index contributed by atoms with van der Waals surface area (Å²) in [5, 5.41) is 0. The number of halogens is 2. The van der Waals surface area contributed by atoms with Gasteiger partial charge < -0.3 is 9.64 Å². The van der Waals surface area contributed by atoms with Crippen molar-refractivity contribution in [2.75, 3.05) is 19.7 Å². The first-order chi connectivity index (χ1) is 14.1. The van der Waals surface area contributed by atoms with Crippen LogP contribution in [0.15, 0.2) is 66.7 Å². The van der Waals surface area contributed by atoms with Gasteiger partial charge in [-0.25, -0.2) is 8.78 Å². The van der Waals surface area contributed by atoms with Crippen LogP contribution in [0, 0.1) is 11.6 Å². The molecule has 3 aromatic rings. The zero-order chi connectivity index (χ0) is 20.2. The fraction of sp³-hybridized carbons (Fsp3) is 0.217. The summed E-state index contributed by atoms with van der Waals surface area (Å²) in [6.45, 7) is 1.28. The maximum Gasteiger partial charge on any atom is 0.254 e. The van der Waals surface area contributed by atoms with Crippen molar-refractivity contribution < 1.29 is 18.3 Å². The zero-order valence-electron chi connectivity index (χ0n) is 15.7. The molecule has 2 heterocycles. The van der Waals surface area contributed by atoms with Crippen molar-refractivity contribution in [3.05, 3.63) is 101 Å². The van der Waals surface area contributed by atoms with Gasteiger partial charge in [-0.05, 0) is 36.4 Å². The Morgan fingerprint density at radius 3 is 2.48 bits per heavy atom. The van der Waals surface area contributed by atoms with Crippen molar-refractivity contribution in [2.45, 2.75) is 12.5 Å². The molecule has 6 heteroatoms. The lowest BCUT2D eigenvalue weighted by Crippen LogP contribution is -2.42. The number of carbonyl (C=O) groups excluding carboxylic acids is 1. The first-order valence-electron chi connectivity index (χ1n) is 9.46. The van der Waals surface area contributed by atoms with E-state index in [4.69, 9.17) is 4.74 Å². The number of nitrogens with zero attached hydrogens (tertiary/aromatic N) is 2. The van der Waals surface area contributed by atoms with Crippen LogP contribution < -0.4 is 0 Å². The summed E-state index contributed by atoms with van der Waals surface area (Å²) in [6.07, 6.45) is -0.340. The van der Waals surface area contributed by atoms with Crippen molar-refractivity contribution in [2.24, 2.45) is 0 Å². The molecule has 4 nitrogen and oxygen atoms in total. The highest BCUT2D eigenvalue weighted by atomic mass is 19.1. The maximum absolute atomic E-state index is 14.0. The van der Waals surface area contributed by atoms with Gasteiger partial charge in [0.2, 0.25) is 0 Å². The van der Waals surface area contributed by atoms with Gasteiger partial charge in [-0.1, -0.05) is 30.3 Å². The Balaban J connectivity index is 1.51. The van der Waals surface area contributed by atoms with Gasteiger partial charge in [-0.15, -0.1) is 0 Å². The standard InChI is InChI=1S/C23H20F2N2O2/c24-19-9-5-10-20(25)18(19)14-17-8-4-11-21(26-17)22-15-27(12-13-29-22)23(28)16-6-2-1-3-7-16/h1-11,22H,12-15H2/t22-/m1/s1. The number of hydrogen-bond acceptors (Lipinski definition) is 3. The number of carbonyl (C=O) groups is 1. The molecule has 0 N–H and O–H groups in total. The summed E-state index contributed by atoms with van der Waals surface area (Å²) >= 11 is 0. The number of ether oxygens (including phenoxy) is 1. The van der Waals surface area contributed by atoms with Gasteiger partial charge in [0.15, 0.2) is 0 Å². The SMILES string of the molecule is O=C(c1ccccc1)N1CCO[C@@H](c2cccc(Cc3c(F)cccc3F)n2)C1. The van der Waals surface area contributed by atoms with Crippen LogP contribution >= 0.6 is 0 Å². The lowest BCUT2D eigenvalue weighted by Gasteiger charge is -2.33. The minimum absolute atomic E-state index is 0.0115. The third-order valence-corrected chi connectivity index (χ3v) is 4.95. The van der Waals surface area contributed by atoms with Crippen LogP contribution in [-0.2, 0) is 11.2 Å². The number of amides is 1. The summed E-state index contributed by atoms with van der Waals surface area (Å²) in [4.78, 5) is 19.0. The van der Waals surface area contributed by atoms with Gasteiger partial charge in [-0.2, -0.15) is 0 Å². The van der Waals surface area contributed by atoms with Crippen LogP contribution in [0.3, 0.4) is 0 Å². The van der Waals surface area contributed by atoms with Crippen LogP contribution in [0.2, 0.25) is 0 Å². The third-order valence-electron chi connectivity index (χ3n) is 4.95. The highest BCUT2D eigenvalue weighted by molar-refractivity contribution is 5.94. The lowest BCUT2D eigenvalue weighted by molar-refractivity contribution is -0.0247. The van der Waals surface area contributed by atoms with Crippen LogP contribution in [0.1, 0.15) is 33.4 Å². The van der Waals surface area contributed by atoms with E-state index in [0.717, 1.165) is 0 Å². The molecule has 0 saturated carbocycles. The van der Waals surface area contributed by atoms with E-state index in [1.165, 1.54) is 18.2 Å². The smallest absolute Gasteiger partial charge is 0.254 e. The van der Waals surface area contributed by atoms with Crippen molar-refractivity contribution in [1.29, 1.82) is 0 Å². The van der Waals surface area contributed by atoms with Gasteiger partial charge in [0.1, 0.15) is 17.7 Å². The lowest BCUT2D eigenvalue weighted by atomic mass is 10.1. The Kier molecular flexibility index (Phi) is 5.62. The van der Waals surface area contributed by atoms with E-state index in [0.29, 0.717) is 36.6 Å². The molecule has 148 valence electrons. The predicted octanol–water partition coefficient (Wildman–Crippen LogP) is 4.16. The van der Waals surface area contributed by atoms with E-state index >= 15 is 0 Å². The molecular formula is C23H20F2N2O2. The second kappa shape index (κ2) is 8.49. The summed E-state index contributed by atoms with van der Waals surface area (Å²) in [7, 11) is 0. The maximum atomic E-state index is 14.0. The molecular weight excluding hydrogens is 374 g/mol. The van der Waals surface area contributed by atoms with Crippen molar-refractivity contribution in [3.63, 3.8) is 0 Å². The van der Waals surface area contributed by atoms with Crippen LogP contribution in [0.5, 0.6) is 0 Å². The van der Waals surface area contributed by atoms with Crippen LogP contribution in [0.4, 0.5) is 8.78 Å². The fourth-order valence-electron chi connectivity index (χ4n) is 3.43. The molecule has 2 aromatic carbocycles. The first-order valence-corrected chi connectivity index (χ1v) is 9.46. The number of hydrogen-bond donors (Lipinski definition) is 0. The molecule has 1 aromatic heterocycles. The molecule has 1 atom stereocenters. The summed E-state index contributed by atoms with van der Waals surface area (Å²) in [5.41, 5.74) is 1.80. The van der Waals surface area contributed by atoms with Gasteiger partial charge in [0, 0.05) is 29.8 Å². The largest absolute Gasteiger partial charge is 0.368 e. The highest BCUT2D eigenvalue weighted by Gasteiger charge is 2.27. The molecule has 1 aliphatic heterocycles. The Morgan fingerprint density at radius 2 is 1.72 bits per heavy atom. The molecule has 0 unspecified atom stereocenters. The van der Waals surface area contributed by atoms with Crippen molar-refractivity contribution in [3.8, 4) is 0 Å². The quantitative estimate of drug-likeness (QED) is 0.667. The average Bonchev–Trinajstić information content (AvgIpc) is 2.77. The van der Waals surface area contributed by atoms with Crippen LogP contribution in [-0.4, -0.2) is 35.5 Å². The molecule has 0 aliphatic carbocycles. The highest BCUT2D eigenvalue weighted by Crippen LogP contribution is 2.23. The Labute approximate surface area is 167 Å². The zero-order valence-corrected chi connectivity index (χ0v) is 15.7. The minimum Gasteiger partial charge on any atom is -0.368 e. The third kappa shape index (κ3) is 4.32. The molecule has 1 amide bonds. The molecule has 0 spiro atoms. The molecule has 4 rings (SSSR count). The first kappa shape index (κ1) is 19.2. The summed E-state index contributed by atoms with van der Waals surface area (Å²) in [6, 6.07) is 18.2. The van der Waals surface area contributed by atoms with Crippen molar-refractivity contribution in [1.82, 2.24) is 9.88 Å². The Bertz CT molecular complexity index is 991. The average molecular weight is 394 g/mol. The molecule has 1 aliphatic rings. The number of pyridine rings is 1.